The molecule has 0 unspecified atom stereocenters. The van der Waals surface area contributed by atoms with Gasteiger partial charge in [0.25, 0.3) is 0 Å². The van der Waals surface area contributed by atoms with E-state index in [2.05, 4.69) is 47.2 Å². The van der Waals surface area contributed by atoms with Crippen molar-refractivity contribution >= 4 is 65.2 Å². The molecule has 1 heterocycles. The zero-order valence-electron chi connectivity index (χ0n) is 34.3. The molecule has 340 valence electrons. The Bertz CT molecular complexity index is 1740. The number of rotatable bonds is 28. The van der Waals surface area contributed by atoms with Crippen molar-refractivity contribution in [3.63, 3.8) is 0 Å². The van der Waals surface area contributed by atoms with Gasteiger partial charge in [-0.3, -0.25) is 52.7 Å². The smallest absolute Gasteiger partial charge is 0.322 e. The van der Waals surface area contributed by atoms with Crippen molar-refractivity contribution in [1.82, 2.24) is 47.2 Å². The average molecular weight is 869 g/mol. The first kappa shape index (κ1) is 52.4. The molecule has 0 aliphatic heterocycles. The van der Waals surface area contributed by atoms with Crippen molar-refractivity contribution in [1.29, 1.82) is 0 Å². The standard InChI is InChI=1S/C36H56N10O15/c1-6-17(4)29(36(61)39-14-28(53)54)46-35(60)23(10-19-13-38-15-40-19)45-34(59)24(12-27(51)52)43-30(55)18(5)41-33(58)22(9-16(2)3)44-32(57)21(7-8-25(47)48)42-31(56)20(37)11-26(49)50/h13,15-18,20-24,29H,6-12,14,37H2,1-5H3,(H,38,40)(H,39,61)(H,41,58)(H,42,56)(H,43,55)(H,44,57)(H,45,59)(H,46,60)(H,47,48)(H,49,50)(H,51,52)(H,53,54)/t17-,18-,20-,21-,22-,23-,24+,29-/m0/s1. The van der Waals surface area contributed by atoms with Crippen LogP contribution in [0.4, 0.5) is 0 Å². The Morgan fingerprint density at radius 2 is 1.18 bits per heavy atom. The van der Waals surface area contributed by atoms with Crippen molar-refractivity contribution in [2.24, 2.45) is 17.6 Å². The number of aromatic amines is 1. The maximum absolute atomic E-state index is 13.6. The van der Waals surface area contributed by atoms with E-state index < -0.39 is 146 Å². The lowest BCUT2D eigenvalue weighted by Crippen LogP contribution is -2.60. The first-order chi connectivity index (χ1) is 28.4. The summed E-state index contributed by atoms with van der Waals surface area (Å²) in [6, 6.07) is -10.7. The van der Waals surface area contributed by atoms with Crippen molar-refractivity contribution in [3.8, 4) is 0 Å². The van der Waals surface area contributed by atoms with Crippen LogP contribution in [0.15, 0.2) is 12.5 Å². The molecule has 25 heteroatoms. The second-order valence-corrected chi connectivity index (χ2v) is 14.6. The summed E-state index contributed by atoms with van der Waals surface area (Å²) in [7, 11) is 0. The maximum Gasteiger partial charge on any atom is 0.322 e. The number of carbonyl (C=O) groups excluding carboxylic acids is 7. The topological polar surface area (TPSA) is 408 Å². The predicted molar refractivity (Wildman–Crippen MR) is 208 cm³/mol. The molecule has 61 heavy (non-hydrogen) atoms. The minimum absolute atomic E-state index is 0.0486. The first-order valence-electron chi connectivity index (χ1n) is 19.1. The third kappa shape index (κ3) is 19.8. The van der Waals surface area contributed by atoms with E-state index >= 15 is 0 Å². The highest BCUT2D eigenvalue weighted by Gasteiger charge is 2.35. The molecule has 0 saturated carbocycles. The second-order valence-electron chi connectivity index (χ2n) is 14.6. The predicted octanol–water partition coefficient (Wildman–Crippen LogP) is -3.68. The van der Waals surface area contributed by atoms with E-state index in [0.717, 1.165) is 0 Å². The van der Waals surface area contributed by atoms with E-state index in [4.69, 9.17) is 21.1 Å². The van der Waals surface area contributed by atoms with Gasteiger partial charge in [0.15, 0.2) is 0 Å². The number of carbonyl (C=O) groups is 11. The van der Waals surface area contributed by atoms with Crippen molar-refractivity contribution in [3.05, 3.63) is 18.2 Å². The summed E-state index contributed by atoms with van der Waals surface area (Å²) in [6.45, 7) is 7.15. The van der Waals surface area contributed by atoms with Gasteiger partial charge in [-0.1, -0.05) is 34.1 Å². The molecule has 1 aromatic rings. The fraction of sp³-hybridized carbons (Fsp3) is 0.611. The molecule has 0 fully saturated rings. The minimum atomic E-state index is -1.84. The number of aliphatic carboxylic acids is 4. The van der Waals surface area contributed by atoms with Crippen LogP contribution in [0.1, 0.15) is 78.8 Å². The molecule has 0 aliphatic carbocycles. The number of amides is 7. The average Bonchev–Trinajstić information content (AvgIpc) is 3.68. The summed E-state index contributed by atoms with van der Waals surface area (Å²) in [4.78, 5) is 144. The van der Waals surface area contributed by atoms with Gasteiger partial charge in [0.1, 0.15) is 42.8 Å². The molecule has 0 bridgehead atoms. The van der Waals surface area contributed by atoms with Gasteiger partial charge in [0, 0.05) is 24.7 Å². The van der Waals surface area contributed by atoms with Gasteiger partial charge >= 0.3 is 23.9 Å². The summed E-state index contributed by atoms with van der Waals surface area (Å²) >= 11 is 0. The fourth-order valence-electron chi connectivity index (χ4n) is 5.46. The molecule has 0 aliphatic rings. The highest BCUT2D eigenvalue weighted by Crippen LogP contribution is 2.11. The molecular weight excluding hydrogens is 812 g/mol. The third-order valence-corrected chi connectivity index (χ3v) is 8.93. The van der Waals surface area contributed by atoms with Crippen LogP contribution < -0.4 is 43.0 Å². The summed E-state index contributed by atoms with van der Waals surface area (Å²) in [6.07, 6.45) is -0.226. The Labute approximate surface area is 349 Å². The number of nitrogens with one attached hydrogen (secondary N) is 8. The summed E-state index contributed by atoms with van der Waals surface area (Å²) < 4.78 is 0. The van der Waals surface area contributed by atoms with Gasteiger partial charge in [-0.2, -0.15) is 0 Å². The molecule has 7 amide bonds. The summed E-state index contributed by atoms with van der Waals surface area (Å²) in [5, 5.41) is 52.9. The van der Waals surface area contributed by atoms with Crippen LogP contribution in [0, 0.1) is 11.8 Å². The Morgan fingerprint density at radius 1 is 0.639 bits per heavy atom. The number of hydrogen-bond donors (Lipinski definition) is 13. The number of carboxylic acids is 4. The van der Waals surface area contributed by atoms with Gasteiger partial charge in [-0.15, -0.1) is 0 Å². The Hall–Kier alpha value is -6.66. The zero-order valence-corrected chi connectivity index (χ0v) is 34.3. The molecule has 0 spiro atoms. The third-order valence-electron chi connectivity index (χ3n) is 8.93. The SMILES string of the molecule is CC[C@H](C)[C@H](NC(=O)[C@H](Cc1cnc[nH]1)NC(=O)[C@@H](CC(=O)O)NC(=O)[C@H](C)NC(=O)[C@H](CC(C)C)NC(=O)[C@H](CCC(=O)O)NC(=O)[C@@H](N)CC(=O)O)C(=O)NCC(=O)O. The maximum atomic E-state index is 13.6. The molecule has 0 aromatic carbocycles. The first-order valence-corrected chi connectivity index (χ1v) is 19.1. The number of H-pyrrole nitrogens is 1. The lowest BCUT2D eigenvalue weighted by atomic mass is 9.97. The van der Waals surface area contributed by atoms with Gasteiger partial charge in [0.05, 0.1) is 25.2 Å². The molecule has 1 rings (SSSR count). The van der Waals surface area contributed by atoms with Crippen LogP contribution in [0.2, 0.25) is 0 Å². The highest BCUT2D eigenvalue weighted by molar-refractivity contribution is 5.98. The van der Waals surface area contributed by atoms with Gasteiger partial charge < -0.3 is 68.4 Å². The molecule has 0 radical (unpaired) electrons. The monoisotopic (exact) mass is 868 g/mol. The van der Waals surface area contributed by atoms with E-state index in [9.17, 15) is 57.8 Å². The van der Waals surface area contributed by atoms with Gasteiger partial charge in [0.2, 0.25) is 41.4 Å². The Balaban J connectivity index is 3.26. The Kier molecular flexibility index (Phi) is 22.1. The number of nitrogens with two attached hydrogens (primary N) is 1. The van der Waals surface area contributed by atoms with Crippen molar-refractivity contribution < 1.29 is 73.2 Å². The number of imidazole rings is 1. The quantitative estimate of drug-likeness (QED) is 0.0386. The van der Waals surface area contributed by atoms with Crippen LogP contribution in [-0.4, -0.2) is 144 Å². The van der Waals surface area contributed by atoms with Crippen LogP contribution >= 0.6 is 0 Å². The van der Waals surface area contributed by atoms with Crippen molar-refractivity contribution in [2.75, 3.05) is 6.54 Å². The summed E-state index contributed by atoms with van der Waals surface area (Å²) in [5.41, 5.74) is 5.90. The van der Waals surface area contributed by atoms with E-state index in [-0.39, 0.29) is 18.8 Å². The lowest BCUT2D eigenvalue weighted by molar-refractivity contribution is -0.141. The second kappa shape index (κ2) is 25.7. The van der Waals surface area contributed by atoms with Crippen LogP contribution in [0.3, 0.4) is 0 Å². The van der Waals surface area contributed by atoms with Crippen LogP contribution in [-0.2, 0) is 59.2 Å². The number of aromatic nitrogens is 2. The lowest BCUT2D eigenvalue weighted by Gasteiger charge is -2.28. The molecule has 14 N–H and O–H groups in total. The van der Waals surface area contributed by atoms with E-state index in [1.165, 1.54) is 19.4 Å². The number of nitrogens with zero attached hydrogens (tertiary/aromatic N) is 1. The molecule has 0 saturated heterocycles. The highest BCUT2D eigenvalue weighted by atomic mass is 16.4. The van der Waals surface area contributed by atoms with Crippen molar-refractivity contribution in [2.45, 2.75) is 122 Å². The number of hydrogen-bond acceptors (Lipinski definition) is 13. The molecule has 25 nitrogen and oxygen atoms in total. The zero-order chi connectivity index (χ0) is 46.6. The van der Waals surface area contributed by atoms with E-state index in [0.29, 0.717) is 12.1 Å². The van der Waals surface area contributed by atoms with Gasteiger partial charge in [-0.25, -0.2) is 4.98 Å². The largest absolute Gasteiger partial charge is 0.481 e. The summed E-state index contributed by atoms with van der Waals surface area (Å²) in [5.74, 6) is -13.5. The molecule has 1 aromatic heterocycles. The molecular formula is C36H56N10O15. The molecule has 8 atom stereocenters. The normalized spacial score (nSPS) is 14.9. The van der Waals surface area contributed by atoms with Crippen LogP contribution in [0.25, 0.3) is 0 Å². The Morgan fingerprint density at radius 3 is 1.70 bits per heavy atom. The fourth-order valence-corrected chi connectivity index (χ4v) is 5.46. The van der Waals surface area contributed by atoms with Crippen LogP contribution in [0.5, 0.6) is 0 Å². The van der Waals surface area contributed by atoms with E-state index in [1.54, 1.807) is 27.7 Å². The minimum Gasteiger partial charge on any atom is -0.481 e. The number of carboxylic acid groups (broad SMARTS) is 4. The van der Waals surface area contributed by atoms with Gasteiger partial charge in [-0.05, 0) is 31.6 Å². The van der Waals surface area contributed by atoms with E-state index in [1.807, 2.05) is 0 Å².